The molecule has 0 saturated carbocycles. The third-order valence-electron chi connectivity index (χ3n) is 6.96. The summed E-state index contributed by atoms with van der Waals surface area (Å²) in [6.07, 6.45) is 4.98. The predicted molar refractivity (Wildman–Crippen MR) is 123 cm³/mol. The van der Waals surface area contributed by atoms with Crippen LogP contribution in [0.15, 0.2) is 42.6 Å². The molecule has 1 amide bonds. The van der Waals surface area contributed by atoms with Crippen LogP contribution in [0.3, 0.4) is 0 Å². The van der Waals surface area contributed by atoms with Gasteiger partial charge in [0.05, 0.1) is 34.2 Å². The monoisotopic (exact) mass is 459 g/mol. The van der Waals surface area contributed by atoms with Crippen molar-refractivity contribution in [2.75, 3.05) is 0 Å². The number of halogens is 2. The van der Waals surface area contributed by atoms with Crippen LogP contribution in [0.2, 0.25) is 0 Å². The second-order valence-electron chi connectivity index (χ2n) is 9.23. The van der Waals surface area contributed by atoms with Gasteiger partial charge in [-0.15, -0.1) is 0 Å². The Hall–Kier alpha value is -3.68. The van der Waals surface area contributed by atoms with Crippen LogP contribution < -0.4 is 0 Å². The highest BCUT2D eigenvalue weighted by atomic mass is 19.1. The van der Waals surface area contributed by atoms with Gasteiger partial charge in [0.15, 0.2) is 0 Å². The van der Waals surface area contributed by atoms with Crippen LogP contribution in [0.4, 0.5) is 8.78 Å². The number of hydrogen-bond donors (Lipinski definition) is 0. The van der Waals surface area contributed by atoms with E-state index in [2.05, 4.69) is 9.97 Å². The normalized spacial score (nSPS) is 19.4. The molecular formula is C26H23F2N5O. The highest BCUT2D eigenvalue weighted by Crippen LogP contribution is 2.45. The zero-order chi connectivity index (χ0) is 23.6. The summed E-state index contributed by atoms with van der Waals surface area (Å²) < 4.78 is 29.6. The number of carbonyl (C=O) groups is 1. The Bertz CT molecular complexity index is 1440. The lowest BCUT2D eigenvalue weighted by Crippen LogP contribution is -2.49. The SMILES string of the molecule is Cc1cnc2cc(C(=O)N3C4CCCC3c3nn(C)c(-c5cc(F)cc(F)c5)c3C4)ccc2n1. The van der Waals surface area contributed by atoms with Crippen LogP contribution in [-0.2, 0) is 13.5 Å². The van der Waals surface area contributed by atoms with Crippen molar-refractivity contribution in [1.29, 1.82) is 0 Å². The predicted octanol–water partition coefficient (Wildman–Crippen LogP) is 4.91. The summed E-state index contributed by atoms with van der Waals surface area (Å²) in [5.74, 6) is -1.28. The van der Waals surface area contributed by atoms with Gasteiger partial charge < -0.3 is 4.90 Å². The molecule has 2 aliphatic rings. The zero-order valence-electron chi connectivity index (χ0n) is 18.9. The minimum absolute atomic E-state index is 0.0000879. The van der Waals surface area contributed by atoms with Gasteiger partial charge in [0.2, 0.25) is 0 Å². The lowest BCUT2D eigenvalue weighted by molar-refractivity contribution is 0.0392. The van der Waals surface area contributed by atoms with E-state index in [0.29, 0.717) is 28.8 Å². The number of piperidine rings is 1. The maximum Gasteiger partial charge on any atom is 0.254 e. The Labute approximate surface area is 195 Å². The highest BCUT2D eigenvalue weighted by molar-refractivity contribution is 5.98. The average molecular weight is 460 g/mol. The summed E-state index contributed by atoms with van der Waals surface area (Å²) >= 11 is 0. The van der Waals surface area contributed by atoms with Gasteiger partial charge in [0.1, 0.15) is 11.6 Å². The molecule has 172 valence electrons. The van der Waals surface area contributed by atoms with Gasteiger partial charge in [-0.2, -0.15) is 5.10 Å². The Balaban J connectivity index is 1.41. The molecule has 2 unspecified atom stereocenters. The maximum atomic E-state index is 14.0. The summed E-state index contributed by atoms with van der Waals surface area (Å²) in [5.41, 5.74) is 5.84. The lowest BCUT2D eigenvalue weighted by atomic mass is 9.81. The van der Waals surface area contributed by atoms with Crippen LogP contribution in [0.1, 0.15) is 52.6 Å². The van der Waals surface area contributed by atoms with E-state index in [1.54, 1.807) is 24.0 Å². The van der Waals surface area contributed by atoms with E-state index < -0.39 is 11.6 Å². The van der Waals surface area contributed by atoms with Crippen molar-refractivity contribution < 1.29 is 13.6 Å². The minimum Gasteiger partial charge on any atom is -0.327 e. The first-order chi connectivity index (χ1) is 16.4. The fraction of sp³-hybridized carbons (Fsp3) is 0.308. The molecular weight excluding hydrogens is 436 g/mol. The summed E-state index contributed by atoms with van der Waals surface area (Å²) in [4.78, 5) is 24.6. The van der Waals surface area contributed by atoms with E-state index >= 15 is 0 Å². The first-order valence-electron chi connectivity index (χ1n) is 11.5. The van der Waals surface area contributed by atoms with Crippen LogP contribution in [0.25, 0.3) is 22.3 Å². The number of nitrogens with zero attached hydrogens (tertiary/aromatic N) is 5. The van der Waals surface area contributed by atoms with E-state index in [9.17, 15) is 13.6 Å². The smallest absolute Gasteiger partial charge is 0.254 e. The third-order valence-corrected chi connectivity index (χ3v) is 6.96. The third kappa shape index (κ3) is 3.28. The molecule has 34 heavy (non-hydrogen) atoms. The molecule has 2 bridgehead atoms. The van der Waals surface area contributed by atoms with Crippen LogP contribution in [-0.4, -0.2) is 36.6 Å². The number of hydrogen-bond acceptors (Lipinski definition) is 4. The maximum absolute atomic E-state index is 14.0. The Morgan fingerprint density at radius 1 is 1.06 bits per heavy atom. The minimum atomic E-state index is -0.618. The number of fused-ring (bicyclic) bond motifs is 5. The largest absolute Gasteiger partial charge is 0.327 e. The second kappa shape index (κ2) is 7.68. The van der Waals surface area contributed by atoms with E-state index in [1.165, 1.54) is 12.1 Å². The first-order valence-corrected chi connectivity index (χ1v) is 11.5. The van der Waals surface area contributed by atoms with Crippen molar-refractivity contribution in [1.82, 2.24) is 24.6 Å². The van der Waals surface area contributed by atoms with Gasteiger partial charge in [-0.25, -0.2) is 13.8 Å². The molecule has 1 saturated heterocycles. The van der Waals surface area contributed by atoms with Crippen molar-refractivity contribution in [2.45, 2.75) is 44.7 Å². The molecule has 1 fully saturated rings. The molecule has 2 aromatic heterocycles. The zero-order valence-corrected chi connectivity index (χ0v) is 18.9. The Kier molecular flexibility index (Phi) is 4.72. The number of carbonyl (C=O) groups excluding carboxylic acids is 1. The number of aromatic nitrogens is 4. The van der Waals surface area contributed by atoms with Crippen LogP contribution in [0, 0.1) is 18.6 Å². The quantitative estimate of drug-likeness (QED) is 0.427. The molecule has 4 aromatic rings. The fourth-order valence-corrected chi connectivity index (χ4v) is 5.59. The Morgan fingerprint density at radius 2 is 1.85 bits per heavy atom. The van der Waals surface area contributed by atoms with Crippen LogP contribution in [0.5, 0.6) is 0 Å². The van der Waals surface area contributed by atoms with E-state index in [0.717, 1.165) is 47.8 Å². The fourth-order valence-electron chi connectivity index (χ4n) is 5.59. The lowest BCUT2D eigenvalue weighted by Gasteiger charge is -2.45. The van der Waals surface area contributed by atoms with E-state index in [-0.39, 0.29) is 18.0 Å². The van der Waals surface area contributed by atoms with Gasteiger partial charge in [0, 0.05) is 42.0 Å². The summed E-state index contributed by atoms with van der Waals surface area (Å²) in [5, 5.41) is 4.75. The van der Waals surface area contributed by atoms with Gasteiger partial charge in [-0.1, -0.05) is 0 Å². The second-order valence-corrected chi connectivity index (χ2v) is 9.23. The van der Waals surface area contributed by atoms with Crippen molar-refractivity contribution in [2.24, 2.45) is 7.05 Å². The van der Waals surface area contributed by atoms with Crippen molar-refractivity contribution in [3.63, 3.8) is 0 Å². The standard InChI is InChI=1S/C26H23F2N5O/c1-14-13-29-22-10-15(6-7-21(22)30-14)26(34)33-19-4-3-5-23(33)24-20(12-19)25(32(2)31-24)16-8-17(27)11-18(28)9-16/h6-11,13,19,23H,3-5,12H2,1-2H3. The molecule has 0 radical (unpaired) electrons. The molecule has 4 heterocycles. The topological polar surface area (TPSA) is 63.9 Å². The molecule has 2 atom stereocenters. The Morgan fingerprint density at radius 3 is 2.65 bits per heavy atom. The van der Waals surface area contributed by atoms with Gasteiger partial charge >= 0.3 is 0 Å². The van der Waals surface area contributed by atoms with E-state index in [1.807, 2.05) is 24.0 Å². The number of amides is 1. The van der Waals surface area contributed by atoms with Gasteiger partial charge in [0.25, 0.3) is 5.91 Å². The summed E-state index contributed by atoms with van der Waals surface area (Å²) in [6, 6.07) is 8.82. The number of aryl methyl sites for hydroxylation is 2. The molecule has 0 aliphatic carbocycles. The average Bonchev–Trinajstić information content (AvgIpc) is 3.12. The van der Waals surface area contributed by atoms with Crippen molar-refractivity contribution in [3.05, 3.63) is 76.7 Å². The molecule has 0 spiro atoms. The number of benzene rings is 2. The molecule has 0 N–H and O–H groups in total. The highest BCUT2D eigenvalue weighted by Gasteiger charge is 2.43. The molecule has 6 nitrogen and oxygen atoms in total. The van der Waals surface area contributed by atoms with Gasteiger partial charge in [-0.05, 0) is 62.9 Å². The van der Waals surface area contributed by atoms with Crippen LogP contribution >= 0.6 is 0 Å². The summed E-state index contributed by atoms with van der Waals surface area (Å²) in [6.45, 7) is 1.89. The number of rotatable bonds is 2. The van der Waals surface area contributed by atoms with Crippen molar-refractivity contribution in [3.8, 4) is 11.3 Å². The molecule has 2 aromatic carbocycles. The first kappa shape index (κ1) is 20.9. The summed E-state index contributed by atoms with van der Waals surface area (Å²) in [7, 11) is 1.79. The molecule has 8 heteroatoms. The van der Waals surface area contributed by atoms with Gasteiger partial charge in [-0.3, -0.25) is 14.5 Å². The molecule has 2 aliphatic heterocycles. The van der Waals surface area contributed by atoms with E-state index in [4.69, 9.17) is 5.10 Å². The molecule has 6 rings (SSSR count). The van der Waals surface area contributed by atoms with Crippen molar-refractivity contribution >= 4 is 16.9 Å².